The van der Waals surface area contributed by atoms with E-state index in [-0.39, 0.29) is 17.9 Å². The van der Waals surface area contributed by atoms with Crippen molar-refractivity contribution in [3.05, 3.63) is 53.6 Å². The Morgan fingerprint density at radius 1 is 0.857 bits per heavy atom. The molecule has 1 fully saturated rings. The molecule has 0 atom stereocenters. The van der Waals surface area contributed by atoms with Crippen molar-refractivity contribution in [3.63, 3.8) is 0 Å². The van der Waals surface area contributed by atoms with E-state index in [0.717, 1.165) is 44.1 Å². The molecule has 1 aliphatic carbocycles. The second-order valence-corrected chi connectivity index (χ2v) is 7.99. The van der Waals surface area contributed by atoms with E-state index in [1.165, 1.54) is 12.1 Å². The Bertz CT molecular complexity index is 800. The first-order valence-corrected chi connectivity index (χ1v) is 10.3. The van der Waals surface area contributed by atoms with Gasteiger partial charge in [0.1, 0.15) is 0 Å². The highest BCUT2D eigenvalue weighted by atomic mass is 19.2. The molecular weight excluding hydrogens is 358 g/mol. The smallest absolute Gasteiger partial charge is 0.201 e. The van der Waals surface area contributed by atoms with E-state index >= 15 is 0 Å². The van der Waals surface area contributed by atoms with Gasteiger partial charge in [-0.25, -0.2) is 4.39 Å². The van der Waals surface area contributed by atoms with Crippen LogP contribution in [0.3, 0.4) is 0 Å². The summed E-state index contributed by atoms with van der Waals surface area (Å²) in [5.74, 6) is -1.96. The minimum absolute atomic E-state index is 0.0766. The second kappa shape index (κ2) is 8.20. The molecule has 2 aromatic carbocycles. The number of hydrogen-bond donors (Lipinski definition) is 1. The average Bonchev–Trinajstić information content (AvgIpc) is 2.73. The molecule has 3 rings (SSSR count). The molecule has 2 nitrogen and oxygen atoms in total. The van der Waals surface area contributed by atoms with Crippen molar-refractivity contribution in [2.45, 2.75) is 64.9 Å². The lowest BCUT2D eigenvalue weighted by molar-refractivity contribution is -0.0413. The molecule has 0 amide bonds. The van der Waals surface area contributed by atoms with E-state index in [9.17, 15) is 13.9 Å². The molecule has 4 heteroatoms. The molecule has 0 aromatic heterocycles. The van der Waals surface area contributed by atoms with Gasteiger partial charge < -0.3 is 9.84 Å². The van der Waals surface area contributed by atoms with Crippen LogP contribution >= 0.6 is 0 Å². The van der Waals surface area contributed by atoms with E-state index in [1.807, 2.05) is 12.1 Å². The van der Waals surface area contributed by atoms with E-state index in [2.05, 4.69) is 13.8 Å². The van der Waals surface area contributed by atoms with Crippen LogP contribution in [-0.2, 0) is 5.60 Å². The van der Waals surface area contributed by atoms with Crippen LogP contribution in [0.5, 0.6) is 5.75 Å². The van der Waals surface area contributed by atoms with Gasteiger partial charge in [-0.3, -0.25) is 0 Å². The van der Waals surface area contributed by atoms with Crippen LogP contribution < -0.4 is 4.74 Å². The monoisotopic (exact) mass is 388 g/mol. The van der Waals surface area contributed by atoms with Crippen molar-refractivity contribution < 1.29 is 18.6 Å². The molecule has 0 bridgehead atoms. The quantitative estimate of drug-likeness (QED) is 0.604. The Hall–Kier alpha value is -1.94. The van der Waals surface area contributed by atoms with Gasteiger partial charge >= 0.3 is 0 Å². The van der Waals surface area contributed by atoms with Gasteiger partial charge in [0.05, 0.1) is 12.2 Å². The van der Waals surface area contributed by atoms with Crippen LogP contribution in [0.4, 0.5) is 8.78 Å². The fraction of sp³-hybridized carbons (Fsp3) is 0.500. The van der Waals surface area contributed by atoms with Gasteiger partial charge in [0.15, 0.2) is 11.6 Å². The molecule has 0 radical (unpaired) electrons. The topological polar surface area (TPSA) is 29.5 Å². The van der Waals surface area contributed by atoms with Crippen molar-refractivity contribution in [3.8, 4) is 16.9 Å². The fourth-order valence-electron chi connectivity index (χ4n) is 4.42. The van der Waals surface area contributed by atoms with Crippen LogP contribution in [0.2, 0.25) is 0 Å². The zero-order valence-electron chi connectivity index (χ0n) is 17.0. The van der Waals surface area contributed by atoms with Gasteiger partial charge in [-0.2, -0.15) is 4.39 Å². The Morgan fingerprint density at radius 2 is 1.46 bits per heavy atom. The predicted octanol–water partition coefficient (Wildman–Crippen LogP) is 6.60. The van der Waals surface area contributed by atoms with Gasteiger partial charge in [-0.15, -0.1) is 0 Å². The van der Waals surface area contributed by atoms with Gasteiger partial charge in [-0.05, 0) is 61.3 Å². The summed E-state index contributed by atoms with van der Waals surface area (Å²) in [5.41, 5.74) is 1.13. The third-order valence-corrected chi connectivity index (χ3v) is 6.72. The Kier molecular flexibility index (Phi) is 6.09. The normalized spacial score (nSPS) is 18.1. The Balaban J connectivity index is 1.82. The first-order valence-electron chi connectivity index (χ1n) is 10.3. The van der Waals surface area contributed by atoms with Gasteiger partial charge in [0.25, 0.3) is 0 Å². The van der Waals surface area contributed by atoms with Crippen molar-refractivity contribution in [1.82, 2.24) is 0 Å². The highest BCUT2D eigenvalue weighted by Gasteiger charge is 2.40. The van der Waals surface area contributed by atoms with Gasteiger partial charge in [0.2, 0.25) is 5.82 Å². The molecule has 1 N–H and O–H groups in total. The van der Waals surface area contributed by atoms with E-state index in [4.69, 9.17) is 4.74 Å². The molecule has 0 spiro atoms. The molecule has 2 aromatic rings. The van der Waals surface area contributed by atoms with Crippen LogP contribution in [0.1, 0.15) is 64.9 Å². The summed E-state index contributed by atoms with van der Waals surface area (Å²) in [5, 5.41) is 11.2. The number of hydrogen-bond acceptors (Lipinski definition) is 2. The third kappa shape index (κ3) is 3.80. The van der Waals surface area contributed by atoms with Crippen molar-refractivity contribution in [1.29, 1.82) is 0 Å². The SMILES string of the molecule is CCOc1ccc(-c2ccc(C3(O)CCC(CC)(CC)CC3)cc2)c(F)c1F. The van der Waals surface area contributed by atoms with Crippen LogP contribution in [0.25, 0.3) is 11.1 Å². The lowest BCUT2D eigenvalue weighted by Crippen LogP contribution is -2.36. The molecule has 1 aliphatic rings. The van der Waals surface area contributed by atoms with E-state index in [0.29, 0.717) is 11.0 Å². The minimum atomic E-state index is -0.968. The maximum Gasteiger partial charge on any atom is 0.201 e. The van der Waals surface area contributed by atoms with Crippen LogP contribution in [0.15, 0.2) is 36.4 Å². The van der Waals surface area contributed by atoms with Gasteiger partial charge in [-0.1, -0.05) is 51.0 Å². The van der Waals surface area contributed by atoms with Crippen molar-refractivity contribution in [2.24, 2.45) is 5.41 Å². The maximum atomic E-state index is 14.5. The first-order chi connectivity index (χ1) is 13.4. The maximum absolute atomic E-state index is 14.5. The standard InChI is InChI=1S/C24H30F2O2/c1-4-23(5-2)13-15-24(27,16-14-23)18-9-7-17(8-10-18)19-11-12-20(28-6-3)22(26)21(19)25/h7-12,27H,4-6,13-16H2,1-3H3. The molecular formula is C24H30F2O2. The molecule has 28 heavy (non-hydrogen) atoms. The number of rotatable bonds is 6. The molecule has 0 unspecified atom stereocenters. The summed E-state index contributed by atoms with van der Waals surface area (Å²) in [6.07, 6.45) is 5.77. The summed E-state index contributed by atoms with van der Waals surface area (Å²) in [6, 6.07) is 10.2. The first kappa shape index (κ1) is 20.8. The third-order valence-electron chi connectivity index (χ3n) is 6.72. The average molecular weight is 388 g/mol. The van der Waals surface area contributed by atoms with Crippen molar-refractivity contribution >= 4 is 0 Å². The van der Waals surface area contributed by atoms with E-state index < -0.39 is 17.2 Å². The number of halogens is 2. The van der Waals surface area contributed by atoms with Crippen LogP contribution in [-0.4, -0.2) is 11.7 Å². The predicted molar refractivity (Wildman–Crippen MR) is 108 cm³/mol. The van der Waals surface area contributed by atoms with E-state index in [1.54, 1.807) is 19.1 Å². The largest absolute Gasteiger partial charge is 0.491 e. The highest BCUT2D eigenvalue weighted by Crippen LogP contribution is 2.49. The Morgan fingerprint density at radius 3 is 2.00 bits per heavy atom. The lowest BCUT2D eigenvalue weighted by atomic mass is 9.64. The summed E-state index contributed by atoms with van der Waals surface area (Å²) < 4.78 is 33.7. The number of ether oxygens (including phenoxy) is 1. The number of benzene rings is 2. The van der Waals surface area contributed by atoms with Crippen molar-refractivity contribution in [2.75, 3.05) is 6.61 Å². The summed E-state index contributed by atoms with van der Waals surface area (Å²) in [6.45, 7) is 6.46. The summed E-state index contributed by atoms with van der Waals surface area (Å²) in [4.78, 5) is 0. The second-order valence-electron chi connectivity index (χ2n) is 7.99. The van der Waals surface area contributed by atoms with Crippen LogP contribution in [0, 0.1) is 17.0 Å². The molecule has 1 saturated carbocycles. The zero-order valence-corrected chi connectivity index (χ0v) is 17.0. The highest BCUT2D eigenvalue weighted by molar-refractivity contribution is 5.65. The number of aliphatic hydroxyl groups is 1. The molecule has 152 valence electrons. The molecule has 0 heterocycles. The zero-order chi connectivity index (χ0) is 20.4. The summed E-state index contributed by atoms with van der Waals surface area (Å²) in [7, 11) is 0. The lowest BCUT2D eigenvalue weighted by Gasteiger charge is -2.43. The molecule has 0 aliphatic heterocycles. The summed E-state index contributed by atoms with van der Waals surface area (Å²) >= 11 is 0. The fourth-order valence-corrected chi connectivity index (χ4v) is 4.42. The Labute approximate surface area is 166 Å². The molecule has 0 saturated heterocycles. The minimum Gasteiger partial charge on any atom is -0.491 e. The van der Waals surface area contributed by atoms with Gasteiger partial charge in [0, 0.05) is 5.56 Å².